The van der Waals surface area contributed by atoms with Gasteiger partial charge in [-0.25, -0.2) is 0 Å². The van der Waals surface area contributed by atoms with E-state index in [0.717, 1.165) is 0 Å². The Labute approximate surface area is 115 Å². The van der Waals surface area contributed by atoms with Crippen LogP contribution in [-0.2, 0) is 0 Å². The zero-order chi connectivity index (χ0) is 9.12. The van der Waals surface area contributed by atoms with Gasteiger partial charge >= 0.3 is 118 Å². The summed E-state index contributed by atoms with van der Waals surface area (Å²) < 4.78 is 7.26. The zero-order valence-electron chi connectivity index (χ0n) is 6.94. The van der Waals surface area contributed by atoms with Crippen molar-refractivity contribution in [2.24, 2.45) is 0 Å². The van der Waals surface area contributed by atoms with Crippen molar-refractivity contribution in [3.05, 3.63) is 24.3 Å². The first-order valence-corrected chi connectivity index (χ1v) is 23.5. The summed E-state index contributed by atoms with van der Waals surface area (Å²) in [7, 11) is 0. The van der Waals surface area contributed by atoms with Gasteiger partial charge in [0, 0.05) is 0 Å². The van der Waals surface area contributed by atoms with Crippen molar-refractivity contribution in [3.63, 3.8) is 0 Å². The molecule has 0 atom stereocenters. The molecule has 0 saturated carbocycles. The fraction of sp³-hybridized carbons (Fsp3) is 0. The molecular weight excluding hydrogens is 631 g/mol. The molecule has 4 rings (SSSR count). The SMILES string of the molecule is c1cc2c3c(ccc4c3c1[Te][Te]4)[Te][Te]2. The first-order valence-electron chi connectivity index (χ1n) is 4.22. The molecule has 0 nitrogen and oxygen atoms in total. The summed E-state index contributed by atoms with van der Waals surface area (Å²) in [5.41, 5.74) is 0. The van der Waals surface area contributed by atoms with E-state index in [4.69, 9.17) is 0 Å². The molecule has 0 N–H and O–H groups in total. The quantitative estimate of drug-likeness (QED) is 0.295. The normalized spacial score (nSPS) is 16.9. The summed E-state index contributed by atoms with van der Waals surface area (Å²) in [6, 6.07) is 9.98. The monoisotopic (exact) mass is 644 g/mol. The van der Waals surface area contributed by atoms with E-state index >= 15 is 0 Å². The Balaban J connectivity index is 2.34. The molecule has 0 spiro atoms. The molecule has 0 amide bonds. The van der Waals surface area contributed by atoms with Gasteiger partial charge in [0.25, 0.3) is 0 Å². The Hall–Kier alpha value is 1.86. The van der Waals surface area contributed by atoms with E-state index in [1.807, 2.05) is 14.4 Å². The maximum atomic E-state index is 2.49. The van der Waals surface area contributed by atoms with E-state index in [0.29, 0.717) is 0 Å². The number of hydrogen-bond acceptors (Lipinski definition) is 0. The van der Waals surface area contributed by atoms with E-state index in [2.05, 4.69) is 24.3 Å². The van der Waals surface area contributed by atoms with E-state index in [-0.39, 0.29) is 68.2 Å². The molecule has 0 fully saturated rings. The first-order chi connectivity index (χ1) is 6.93. The Morgan fingerprint density at radius 1 is 0.500 bits per heavy atom. The zero-order valence-corrected chi connectivity index (χ0v) is 16.3. The third-order valence-electron chi connectivity index (χ3n) is 2.45. The summed E-state index contributed by atoms with van der Waals surface area (Å²) in [6.45, 7) is 0. The molecule has 0 aromatic heterocycles. The molecular formula is C10H4Te4. The van der Waals surface area contributed by atoms with Crippen molar-refractivity contribution in [1.29, 1.82) is 0 Å². The third-order valence-corrected chi connectivity index (χ3v) is 25.8. The molecule has 0 unspecified atom stereocenters. The van der Waals surface area contributed by atoms with Crippen LogP contribution >= 0.6 is 0 Å². The topological polar surface area (TPSA) is 0 Å². The molecule has 2 aliphatic rings. The number of rotatable bonds is 0. The average molecular weight is 635 g/mol. The van der Waals surface area contributed by atoms with Gasteiger partial charge in [0.15, 0.2) is 0 Å². The van der Waals surface area contributed by atoms with Crippen LogP contribution in [-0.4, -0.2) is 68.2 Å². The van der Waals surface area contributed by atoms with Gasteiger partial charge < -0.3 is 0 Å². The molecule has 2 heterocycles. The number of hydrogen-bond donors (Lipinski definition) is 0. The first kappa shape index (κ1) is 9.84. The molecule has 0 saturated heterocycles. The minimum absolute atomic E-state index is 0.276. The van der Waals surface area contributed by atoms with Crippen LogP contribution in [0.4, 0.5) is 0 Å². The Morgan fingerprint density at radius 3 is 1.07 bits per heavy atom. The van der Waals surface area contributed by atoms with Gasteiger partial charge in [-0.1, -0.05) is 0 Å². The molecule has 4 heteroatoms. The molecule has 2 aliphatic heterocycles. The van der Waals surface area contributed by atoms with Crippen LogP contribution in [0.15, 0.2) is 24.3 Å². The van der Waals surface area contributed by atoms with Gasteiger partial charge in [-0.3, -0.25) is 0 Å². The maximum absolute atomic E-state index is 2.49. The molecule has 0 aliphatic carbocycles. The van der Waals surface area contributed by atoms with E-state index in [1.54, 1.807) is 10.8 Å². The van der Waals surface area contributed by atoms with Gasteiger partial charge in [0.1, 0.15) is 0 Å². The predicted molar refractivity (Wildman–Crippen MR) is 65.5 cm³/mol. The van der Waals surface area contributed by atoms with E-state index in [9.17, 15) is 0 Å². The molecule has 2 aromatic carbocycles. The summed E-state index contributed by atoms with van der Waals surface area (Å²) >= 11 is 1.11. The number of benzene rings is 2. The minimum atomic E-state index is 0.276. The van der Waals surface area contributed by atoms with Crippen LogP contribution in [0.2, 0.25) is 0 Å². The van der Waals surface area contributed by atoms with Crippen LogP contribution in [0.25, 0.3) is 10.8 Å². The molecule has 0 radical (unpaired) electrons. The fourth-order valence-corrected chi connectivity index (χ4v) is 26.4. The summed E-state index contributed by atoms with van der Waals surface area (Å²) in [5, 5.41) is 3.58. The second-order valence-electron chi connectivity index (χ2n) is 3.21. The predicted octanol–water partition coefficient (Wildman–Crippen LogP) is -1.98. The van der Waals surface area contributed by atoms with Crippen LogP contribution < -0.4 is 14.4 Å². The van der Waals surface area contributed by atoms with E-state index in [1.165, 1.54) is 0 Å². The second kappa shape index (κ2) is 3.68. The molecule has 2 aromatic rings. The fourth-order valence-electron chi connectivity index (χ4n) is 1.83. The van der Waals surface area contributed by atoms with Gasteiger partial charge in [-0.15, -0.1) is 0 Å². The van der Waals surface area contributed by atoms with Crippen molar-refractivity contribution in [2.75, 3.05) is 0 Å². The summed E-state index contributed by atoms with van der Waals surface area (Å²) in [5.74, 6) is 0. The Kier molecular flexibility index (Phi) is 2.59. The van der Waals surface area contributed by atoms with Crippen LogP contribution in [0, 0.1) is 0 Å². The third kappa shape index (κ3) is 1.31. The molecule has 14 heavy (non-hydrogen) atoms. The Bertz CT molecular complexity index is 464. The summed E-state index contributed by atoms with van der Waals surface area (Å²) in [4.78, 5) is 0. The van der Waals surface area contributed by atoms with Gasteiger partial charge in [0.05, 0.1) is 0 Å². The van der Waals surface area contributed by atoms with Gasteiger partial charge in [0.2, 0.25) is 0 Å². The van der Waals surface area contributed by atoms with Gasteiger partial charge in [-0.05, 0) is 0 Å². The van der Waals surface area contributed by atoms with Crippen molar-refractivity contribution in [3.8, 4) is 0 Å². The van der Waals surface area contributed by atoms with E-state index < -0.39 is 0 Å². The van der Waals surface area contributed by atoms with Crippen LogP contribution in [0.1, 0.15) is 0 Å². The van der Waals surface area contributed by atoms with Crippen molar-refractivity contribution in [1.82, 2.24) is 0 Å². The van der Waals surface area contributed by atoms with Crippen molar-refractivity contribution in [2.45, 2.75) is 0 Å². The van der Waals surface area contributed by atoms with Crippen molar-refractivity contribution < 1.29 is 0 Å². The summed E-state index contributed by atoms with van der Waals surface area (Å²) in [6.07, 6.45) is 0. The Morgan fingerprint density at radius 2 is 0.786 bits per heavy atom. The van der Waals surface area contributed by atoms with Crippen molar-refractivity contribution >= 4 is 93.4 Å². The molecule has 0 bridgehead atoms. The second-order valence-corrected chi connectivity index (χ2v) is 22.9. The average Bonchev–Trinajstić information content (AvgIpc) is 2.77. The van der Waals surface area contributed by atoms with Crippen LogP contribution in [0.5, 0.6) is 0 Å². The molecule has 68 valence electrons. The van der Waals surface area contributed by atoms with Crippen LogP contribution in [0.3, 0.4) is 0 Å². The standard InChI is InChI=1S/C10H4Te4/c1-2-6-10-8(14-12-6)4-3-7-9(10)5(1)11-13-7/h1-4H. The van der Waals surface area contributed by atoms with Gasteiger partial charge in [-0.2, -0.15) is 0 Å².